The number of rotatable bonds is 7. The molecule has 23 heavy (non-hydrogen) atoms. The largest absolute Gasteiger partial charge is 0.343 e. The van der Waals surface area contributed by atoms with Gasteiger partial charge in [-0.05, 0) is 44.7 Å². The quantitative estimate of drug-likeness (QED) is 0.759. The average Bonchev–Trinajstić information content (AvgIpc) is 3.43. The molecular weight excluding hydrogens is 288 g/mol. The number of piperazine rings is 1. The second kappa shape index (κ2) is 8.45. The number of carbonyl (C=O) groups excluding carboxylic acids is 1. The van der Waals surface area contributed by atoms with E-state index in [1.165, 1.54) is 19.4 Å². The highest BCUT2D eigenvalue weighted by molar-refractivity contribution is 5.76. The molecule has 2 heterocycles. The predicted octanol–water partition coefficient (Wildman–Crippen LogP) is 1.00. The Kier molecular flexibility index (Phi) is 6.31. The van der Waals surface area contributed by atoms with Gasteiger partial charge in [0.15, 0.2) is 0 Å². The van der Waals surface area contributed by atoms with Crippen LogP contribution in [0.15, 0.2) is 0 Å². The molecule has 3 fully saturated rings. The van der Waals surface area contributed by atoms with Gasteiger partial charge in [0.25, 0.3) is 0 Å². The number of amides is 1. The summed E-state index contributed by atoms with van der Waals surface area (Å²) in [6.45, 7) is 12.0. The van der Waals surface area contributed by atoms with Crippen LogP contribution in [0.25, 0.3) is 0 Å². The standard InChI is InChI=1S/C18H34N4O/c1-2-20-11-13-21(14-12-20)8-7-18(23)22-9-5-17(6-10-22)19-15-16-3-4-16/h16-17,19H,2-15H2,1H3. The number of likely N-dealkylation sites (tertiary alicyclic amines) is 1. The first-order chi connectivity index (χ1) is 11.2. The van der Waals surface area contributed by atoms with Crippen molar-refractivity contribution in [3.63, 3.8) is 0 Å². The number of hydrogen-bond acceptors (Lipinski definition) is 4. The van der Waals surface area contributed by atoms with Crippen LogP contribution in [0.4, 0.5) is 0 Å². The number of carbonyl (C=O) groups is 1. The molecule has 1 aliphatic carbocycles. The van der Waals surface area contributed by atoms with Gasteiger partial charge < -0.3 is 20.0 Å². The first-order valence-electron chi connectivity index (χ1n) is 9.70. The van der Waals surface area contributed by atoms with Crippen LogP contribution < -0.4 is 5.32 Å². The van der Waals surface area contributed by atoms with Gasteiger partial charge in [-0.1, -0.05) is 6.92 Å². The normalized spacial score (nSPS) is 25.0. The van der Waals surface area contributed by atoms with E-state index < -0.39 is 0 Å². The van der Waals surface area contributed by atoms with Gasteiger partial charge in [0, 0.05) is 58.3 Å². The highest BCUT2D eigenvalue weighted by Crippen LogP contribution is 2.28. The van der Waals surface area contributed by atoms with Crippen molar-refractivity contribution in [3.05, 3.63) is 0 Å². The second-order valence-corrected chi connectivity index (χ2v) is 7.53. The Morgan fingerprint density at radius 3 is 2.22 bits per heavy atom. The lowest BCUT2D eigenvalue weighted by Gasteiger charge is -2.35. The van der Waals surface area contributed by atoms with Crippen molar-refractivity contribution in [1.29, 1.82) is 0 Å². The third-order valence-corrected chi connectivity index (χ3v) is 5.79. The molecule has 0 aromatic heterocycles. The first-order valence-corrected chi connectivity index (χ1v) is 9.70. The molecule has 1 amide bonds. The fraction of sp³-hybridized carbons (Fsp3) is 0.944. The summed E-state index contributed by atoms with van der Waals surface area (Å²) in [6.07, 6.45) is 5.79. The lowest BCUT2D eigenvalue weighted by molar-refractivity contribution is -0.132. The van der Waals surface area contributed by atoms with Crippen LogP contribution in [0.3, 0.4) is 0 Å². The van der Waals surface area contributed by atoms with Gasteiger partial charge in [-0.15, -0.1) is 0 Å². The number of piperidine rings is 1. The van der Waals surface area contributed by atoms with E-state index in [2.05, 4.69) is 26.9 Å². The van der Waals surface area contributed by atoms with E-state index in [9.17, 15) is 4.79 Å². The average molecular weight is 322 g/mol. The lowest BCUT2D eigenvalue weighted by atomic mass is 10.0. The van der Waals surface area contributed by atoms with E-state index in [4.69, 9.17) is 0 Å². The maximum absolute atomic E-state index is 12.4. The van der Waals surface area contributed by atoms with Gasteiger partial charge in [-0.2, -0.15) is 0 Å². The summed E-state index contributed by atoms with van der Waals surface area (Å²) in [6, 6.07) is 0.641. The number of nitrogens with one attached hydrogen (secondary N) is 1. The molecule has 5 heteroatoms. The van der Waals surface area contributed by atoms with Crippen molar-refractivity contribution in [3.8, 4) is 0 Å². The van der Waals surface area contributed by atoms with E-state index in [1.807, 2.05) is 0 Å². The zero-order chi connectivity index (χ0) is 16.1. The maximum atomic E-state index is 12.4. The van der Waals surface area contributed by atoms with E-state index >= 15 is 0 Å². The molecule has 5 nitrogen and oxygen atoms in total. The number of nitrogens with zero attached hydrogens (tertiary/aromatic N) is 3. The highest BCUT2D eigenvalue weighted by Gasteiger charge is 2.26. The van der Waals surface area contributed by atoms with Gasteiger partial charge in [0.2, 0.25) is 5.91 Å². The molecule has 1 saturated carbocycles. The van der Waals surface area contributed by atoms with E-state index in [0.29, 0.717) is 18.4 Å². The molecule has 0 aromatic carbocycles. The molecule has 3 aliphatic rings. The Morgan fingerprint density at radius 2 is 1.61 bits per heavy atom. The summed E-state index contributed by atoms with van der Waals surface area (Å²) in [5.74, 6) is 1.31. The van der Waals surface area contributed by atoms with Gasteiger partial charge >= 0.3 is 0 Å². The van der Waals surface area contributed by atoms with Crippen molar-refractivity contribution >= 4 is 5.91 Å². The molecule has 3 rings (SSSR count). The Hall–Kier alpha value is -0.650. The van der Waals surface area contributed by atoms with Crippen LogP contribution in [-0.2, 0) is 4.79 Å². The second-order valence-electron chi connectivity index (χ2n) is 7.53. The van der Waals surface area contributed by atoms with Crippen LogP contribution in [0.5, 0.6) is 0 Å². The molecule has 2 aliphatic heterocycles. The van der Waals surface area contributed by atoms with Crippen molar-refractivity contribution in [2.24, 2.45) is 5.92 Å². The zero-order valence-corrected chi connectivity index (χ0v) is 14.8. The summed E-state index contributed by atoms with van der Waals surface area (Å²) >= 11 is 0. The third kappa shape index (κ3) is 5.44. The van der Waals surface area contributed by atoms with Crippen molar-refractivity contribution in [1.82, 2.24) is 20.0 Å². The van der Waals surface area contributed by atoms with Crippen LogP contribution in [0, 0.1) is 5.92 Å². The minimum atomic E-state index is 0.364. The summed E-state index contributed by atoms with van der Waals surface area (Å²) in [5, 5.41) is 3.69. The summed E-state index contributed by atoms with van der Waals surface area (Å²) in [7, 11) is 0. The molecule has 0 bridgehead atoms. The summed E-state index contributed by atoms with van der Waals surface area (Å²) < 4.78 is 0. The molecule has 1 N–H and O–H groups in total. The van der Waals surface area contributed by atoms with Gasteiger partial charge in [-0.25, -0.2) is 0 Å². The third-order valence-electron chi connectivity index (χ3n) is 5.79. The number of likely N-dealkylation sites (N-methyl/N-ethyl adjacent to an activating group) is 1. The van der Waals surface area contributed by atoms with Crippen molar-refractivity contribution in [2.75, 3.05) is 58.9 Å². The predicted molar refractivity (Wildman–Crippen MR) is 93.5 cm³/mol. The van der Waals surface area contributed by atoms with Crippen LogP contribution in [-0.4, -0.2) is 85.6 Å². The molecule has 0 aromatic rings. The first kappa shape index (κ1) is 17.2. The topological polar surface area (TPSA) is 38.8 Å². The van der Waals surface area contributed by atoms with E-state index in [0.717, 1.165) is 71.1 Å². The fourth-order valence-electron chi connectivity index (χ4n) is 3.73. The zero-order valence-electron chi connectivity index (χ0n) is 14.8. The Balaban J connectivity index is 1.28. The van der Waals surface area contributed by atoms with E-state index in [1.54, 1.807) is 0 Å². The fourth-order valence-corrected chi connectivity index (χ4v) is 3.73. The molecule has 132 valence electrons. The maximum Gasteiger partial charge on any atom is 0.223 e. The molecule has 0 spiro atoms. The SMILES string of the molecule is CCN1CCN(CCC(=O)N2CCC(NCC3CC3)CC2)CC1. The smallest absolute Gasteiger partial charge is 0.223 e. The van der Waals surface area contributed by atoms with Crippen LogP contribution >= 0.6 is 0 Å². The Bertz CT molecular complexity index is 369. The van der Waals surface area contributed by atoms with Crippen molar-refractivity contribution in [2.45, 2.75) is 45.1 Å². The van der Waals surface area contributed by atoms with Crippen molar-refractivity contribution < 1.29 is 4.79 Å². The molecule has 0 radical (unpaired) electrons. The summed E-state index contributed by atoms with van der Waals surface area (Å²) in [5.41, 5.74) is 0. The lowest BCUT2D eigenvalue weighted by Crippen LogP contribution is -2.48. The van der Waals surface area contributed by atoms with Crippen LogP contribution in [0.1, 0.15) is 39.0 Å². The van der Waals surface area contributed by atoms with Gasteiger partial charge in [-0.3, -0.25) is 4.79 Å². The molecule has 0 atom stereocenters. The van der Waals surface area contributed by atoms with E-state index in [-0.39, 0.29) is 0 Å². The summed E-state index contributed by atoms with van der Waals surface area (Å²) in [4.78, 5) is 19.4. The van der Waals surface area contributed by atoms with Crippen LogP contribution in [0.2, 0.25) is 0 Å². The minimum absolute atomic E-state index is 0.364. The molecule has 0 unspecified atom stereocenters. The Labute approximate surface area is 141 Å². The molecule has 2 saturated heterocycles. The molecular formula is C18H34N4O. The van der Waals surface area contributed by atoms with Gasteiger partial charge in [0.05, 0.1) is 0 Å². The monoisotopic (exact) mass is 322 g/mol. The highest BCUT2D eigenvalue weighted by atomic mass is 16.2. The Morgan fingerprint density at radius 1 is 0.957 bits per heavy atom. The van der Waals surface area contributed by atoms with Gasteiger partial charge in [0.1, 0.15) is 0 Å². The minimum Gasteiger partial charge on any atom is -0.343 e. The number of hydrogen-bond donors (Lipinski definition) is 1.